The summed E-state index contributed by atoms with van der Waals surface area (Å²) in [7, 11) is 2.17. The molecule has 0 spiro atoms. The van der Waals surface area contributed by atoms with Crippen LogP contribution in [0.1, 0.15) is 5.56 Å². The van der Waals surface area contributed by atoms with Gasteiger partial charge in [0.1, 0.15) is 13.2 Å². The number of aryl methyl sites for hydroxylation is 1. The first-order chi connectivity index (χ1) is 8.75. The Bertz CT molecular complexity index is 440. The van der Waals surface area contributed by atoms with Gasteiger partial charge in [0, 0.05) is 26.2 Å². The number of nitrogens with zero attached hydrogens (tertiary/aromatic N) is 2. The second-order valence-corrected chi connectivity index (χ2v) is 5.05. The van der Waals surface area contributed by atoms with Crippen LogP contribution >= 0.6 is 0 Å². The van der Waals surface area contributed by atoms with Crippen LogP contribution in [0.2, 0.25) is 0 Å². The van der Waals surface area contributed by atoms with Crippen LogP contribution in [0.15, 0.2) is 12.1 Å². The number of hydrogen-bond acceptors (Lipinski definition) is 4. The van der Waals surface area contributed by atoms with E-state index in [0.717, 1.165) is 43.2 Å². The van der Waals surface area contributed by atoms with Crippen molar-refractivity contribution in [3.63, 3.8) is 0 Å². The average Bonchev–Trinajstić information content (AvgIpc) is 2.41. The van der Waals surface area contributed by atoms with E-state index in [4.69, 9.17) is 9.47 Å². The molecule has 0 saturated carbocycles. The zero-order valence-electron chi connectivity index (χ0n) is 11.1. The Labute approximate surface area is 108 Å². The van der Waals surface area contributed by atoms with E-state index in [1.165, 1.54) is 5.69 Å². The number of hydrogen-bond donors (Lipinski definition) is 0. The summed E-state index contributed by atoms with van der Waals surface area (Å²) in [5.74, 6) is 1.86. The van der Waals surface area contributed by atoms with Gasteiger partial charge < -0.3 is 19.3 Å². The molecule has 0 radical (unpaired) electrons. The van der Waals surface area contributed by atoms with Gasteiger partial charge in [-0.3, -0.25) is 0 Å². The zero-order chi connectivity index (χ0) is 12.5. The smallest absolute Gasteiger partial charge is 0.184 e. The lowest BCUT2D eigenvalue weighted by Crippen LogP contribution is -2.44. The van der Waals surface area contributed by atoms with E-state index in [-0.39, 0.29) is 0 Å². The van der Waals surface area contributed by atoms with Crippen molar-refractivity contribution in [2.45, 2.75) is 6.92 Å². The molecule has 18 heavy (non-hydrogen) atoms. The van der Waals surface area contributed by atoms with Crippen molar-refractivity contribution < 1.29 is 9.47 Å². The first-order valence-corrected chi connectivity index (χ1v) is 6.58. The fraction of sp³-hybridized carbons (Fsp3) is 0.571. The quantitative estimate of drug-likeness (QED) is 0.752. The normalized spacial score (nSPS) is 20.0. The standard InChI is InChI=1S/C14H20N2O2/c1-11-3-4-12(14-13(11)17-9-10-18-14)16-7-5-15(2)6-8-16/h3-4H,5-10H2,1-2H3. The summed E-state index contributed by atoms with van der Waals surface area (Å²) in [6.45, 7) is 7.68. The maximum Gasteiger partial charge on any atom is 0.184 e. The number of fused-ring (bicyclic) bond motifs is 1. The maximum absolute atomic E-state index is 5.84. The van der Waals surface area contributed by atoms with Gasteiger partial charge in [-0.1, -0.05) is 6.07 Å². The molecule has 0 atom stereocenters. The van der Waals surface area contributed by atoms with Gasteiger partial charge in [-0.25, -0.2) is 0 Å². The Morgan fingerprint density at radius 3 is 2.33 bits per heavy atom. The van der Waals surface area contributed by atoms with E-state index in [0.29, 0.717) is 13.2 Å². The molecule has 3 rings (SSSR count). The van der Waals surface area contributed by atoms with E-state index in [1.54, 1.807) is 0 Å². The van der Waals surface area contributed by atoms with Gasteiger partial charge in [0.25, 0.3) is 0 Å². The Morgan fingerprint density at radius 2 is 1.61 bits per heavy atom. The summed E-state index contributed by atoms with van der Waals surface area (Å²) >= 11 is 0. The summed E-state index contributed by atoms with van der Waals surface area (Å²) in [6, 6.07) is 4.29. The second-order valence-electron chi connectivity index (χ2n) is 5.05. The molecule has 2 heterocycles. The van der Waals surface area contributed by atoms with E-state index in [1.807, 2.05) is 0 Å². The van der Waals surface area contributed by atoms with E-state index in [9.17, 15) is 0 Å². The molecule has 1 aromatic rings. The molecule has 2 aliphatic heterocycles. The third kappa shape index (κ3) is 2.01. The van der Waals surface area contributed by atoms with Crippen molar-refractivity contribution in [1.29, 1.82) is 0 Å². The van der Waals surface area contributed by atoms with Gasteiger partial charge in [-0.2, -0.15) is 0 Å². The highest BCUT2D eigenvalue weighted by Gasteiger charge is 2.23. The molecule has 0 N–H and O–H groups in total. The highest BCUT2D eigenvalue weighted by Crippen LogP contribution is 2.42. The number of piperazine rings is 1. The number of ether oxygens (including phenoxy) is 2. The zero-order valence-corrected chi connectivity index (χ0v) is 11.1. The third-order valence-electron chi connectivity index (χ3n) is 3.71. The molecule has 2 aliphatic rings. The van der Waals surface area contributed by atoms with Gasteiger partial charge in [0.15, 0.2) is 11.5 Å². The van der Waals surface area contributed by atoms with Crippen molar-refractivity contribution in [1.82, 2.24) is 4.90 Å². The molecule has 0 aromatic heterocycles. The largest absolute Gasteiger partial charge is 0.486 e. The predicted molar refractivity (Wildman–Crippen MR) is 71.9 cm³/mol. The number of anilines is 1. The van der Waals surface area contributed by atoms with Crippen molar-refractivity contribution in [3.05, 3.63) is 17.7 Å². The van der Waals surface area contributed by atoms with Gasteiger partial charge in [-0.15, -0.1) is 0 Å². The van der Waals surface area contributed by atoms with Crippen LogP contribution in [-0.4, -0.2) is 51.3 Å². The van der Waals surface area contributed by atoms with Crippen LogP contribution < -0.4 is 14.4 Å². The molecule has 0 aliphatic carbocycles. The first-order valence-electron chi connectivity index (χ1n) is 6.58. The lowest BCUT2D eigenvalue weighted by molar-refractivity contribution is 0.170. The molecule has 1 saturated heterocycles. The lowest BCUT2D eigenvalue weighted by Gasteiger charge is -2.36. The molecular weight excluding hydrogens is 228 g/mol. The minimum absolute atomic E-state index is 0.650. The fourth-order valence-corrected chi connectivity index (χ4v) is 2.55. The molecule has 0 unspecified atom stereocenters. The summed E-state index contributed by atoms with van der Waals surface area (Å²) in [4.78, 5) is 4.75. The molecule has 4 heteroatoms. The summed E-state index contributed by atoms with van der Waals surface area (Å²) in [6.07, 6.45) is 0. The minimum atomic E-state index is 0.650. The van der Waals surface area contributed by atoms with E-state index < -0.39 is 0 Å². The van der Waals surface area contributed by atoms with Crippen LogP contribution in [0.25, 0.3) is 0 Å². The van der Waals surface area contributed by atoms with Crippen LogP contribution in [-0.2, 0) is 0 Å². The van der Waals surface area contributed by atoms with Gasteiger partial charge in [-0.05, 0) is 25.6 Å². The summed E-state index contributed by atoms with van der Waals surface area (Å²) < 4.78 is 11.6. The Kier molecular flexibility index (Phi) is 3.04. The Balaban J connectivity index is 1.92. The lowest BCUT2D eigenvalue weighted by atomic mass is 10.1. The van der Waals surface area contributed by atoms with E-state index in [2.05, 4.69) is 35.9 Å². The number of rotatable bonds is 1. The van der Waals surface area contributed by atoms with Crippen molar-refractivity contribution in [2.24, 2.45) is 0 Å². The van der Waals surface area contributed by atoms with Crippen molar-refractivity contribution in [3.8, 4) is 11.5 Å². The van der Waals surface area contributed by atoms with Gasteiger partial charge in [0.2, 0.25) is 0 Å². The monoisotopic (exact) mass is 248 g/mol. The molecule has 1 fully saturated rings. The highest BCUT2D eigenvalue weighted by atomic mass is 16.6. The average molecular weight is 248 g/mol. The summed E-state index contributed by atoms with van der Waals surface area (Å²) in [5, 5.41) is 0. The van der Waals surface area contributed by atoms with Crippen LogP contribution in [0.4, 0.5) is 5.69 Å². The number of benzene rings is 1. The van der Waals surface area contributed by atoms with E-state index >= 15 is 0 Å². The summed E-state index contributed by atoms with van der Waals surface area (Å²) in [5.41, 5.74) is 2.34. The number of likely N-dealkylation sites (N-methyl/N-ethyl adjacent to an activating group) is 1. The third-order valence-corrected chi connectivity index (χ3v) is 3.71. The van der Waals surface area contributed by atoms with Crippen LogP contribution in [0.3, 0.4) is 0 Å². The van der Waals surface area contributed by atoms with Crippen molar-refractivity contribution >= 4 is 5.69 Å². The van der Waals surface area contributed by atoms with Gasteiger partial charge >= 0.3 is 0 Å². The highest BCUT2D eigenvalue weighted by molar-refractivity contribution is 5.67. The SMILES string of the molecule is Cc1ccc(N2CCN(C)CC2)c2c1OCCO2. The van der Waals surface area contributed by atoms with Crippen molar-refractivity contribution in [2.75, 3.05) is 51.3 Å². The topological polar surface area (TPSA) is 24.9 Å². The molecule has 98 valence electrons. The van der Waals surface area contributed by atoms with Gasteiger partial charge in [0.05, 0.1) is 5.69 Å². The van der Waals surface area contributed by atoms with Crippen LogP contribution in [0.5, 0.6) is 11.5 Å². The molecular formula is C14H20N2O2. The first kappa shape index (κ1) is 11.7. The molecule has 0 bridgehead atoms. The second kappa shape index (κ2) is 4.69. The Hall–Kier alpha value is -1.42. The van der Waals surface area contributed by atoms with Crippen LogP contribution in [0, 0.1) is 6.92 Å². The molecule has 0 amide bonds. The molecule has 4 nitrogen and oxygen atoms in total. The fourth-order valence-electron chi connectivity index (χ4n) is 2.55. The maximum atomic E-state index is 5.84. The predicted octanol–water partition coefficient (Wildman–Crippen LogP) is 1.52. The molecule has 1 aromatic carbocycles. The minimum Gasteiger partial charge on any atom is -0.486 e. The Morgan fingerprint density at radius 1 is 0.944 bits per heavy atom.